The van der Waals surface area contributed by atoms with Crippen molar-refractivity contribution < 1.29 is 4.74 Å². The molecule has 2 N–H and O–H groups in total. The first-order valence-electron chi connectivity index (χ1n) is 7.01. The van der Waals surface area contributed by atoms with Gasteiger partial charge in [0.2, 0.25) is 11.9 Å². The van der Waals surface area contributed by atoms with E-state index in [2.05, 4.69) is 32.5 Å². The van der Waals surface area contributed by atoms with E-state index in [0.29, 0.717) is 23.9 Å². The minimum atomic E-state index is 0.345. The SMILES string of the molecule is CCNc1nc(NC2CCC(C)CC2)nc(OC)n1. The Labute approximate surface area is 114 Å². The Balaban J connectivity index is 2.04. The highest BCUT2D eigenvalue weighted by molar-refractivity contribution is 5.36. The predicted molar refractivity (Wildman–Crippen MR) is 75.6 cm³/mol. The third-order valence-corrected chi connectivity index (χ3v) is 3.48. The van der Waals surface area contributed by atoms with Crippen molar-refractivity contribution in [2.45, 2.75) is 45.6 Å². The molecule has 1 fully saturated rings. The molecule has 0 radical (unpaired) electrons. The van der Waals surface area contributed by atoms with Gasteiger partial charge in [-0.25, -0.2) is 0 Å². The van der Waals surface area contributed by atoms with E-state index < -0.39 is 0 Å². The van der Waals surface area contributed by atoms with Crippen LogP contribution in [0.4, 0.5) is 11.9 Å². The Kier molecular flexibility index (Phi) is 4.76. The second-order valence-corrected chi connectivity index (χ2v) is 5.10. The minimum Gasteiger partial charge on any atom is -0.467 e. The summed E-state index contributed by atoms with van der Waals surface area (Å²) in [5.41, 5.74) is 0. The maximum absolute atomic E-state index is 5.11. The molecular formula is C13H23N5O. The Bertz CT molecular complexity index is 404. The first-order chi connectivity index (χ1) is 9.21. The Morgan fingerprint density at radius 2 is 1.79 bits per heavy atom. The molecule has 0 amide bonds. The number of ether oxygens (including phenoxy) is 1. The lowest BCUT2D eigenvalue weighted by Crippen LogP contribution is -2.26. The number of anilines is 2. The molecule has 1 saturated carbocycles. The molecule has 1 aromatic rings. The fourth-order valence-electron chi connectivity index (χ4n) is 2.34. The molecule has 0 unspecified atom stereocenters. The van der Waals surface area contributed by atoms with Gasteiger partial charge in [0, 0.05) is 12.6 Å². The van der Waals surface area contributed by atoms with Crippen molar-refractivity contribution in [1.82, 2.24) is 15.0 Å². The third kappa shape index (κ3) is 3.94. The van der Waals surface area contributed by atoms with Crippen molar-refractivity contribution in [2.75, 3.05) is 24.3 Å². The average molecular weight is 265 g/mol. The van der Waals surface area contributed by atoms with Gasteiger partial charge in [-0.15, -0.1) is 0 Å². The monoisotopic (exact) mass is 265 g/mol. The van der Waals surface area contributed by atoms with Crippen molar-refractivity contribution >= 4 is 11.9 Å². The molecule has 1 aliphatic carbocycles. The molecule has 6 nitrogen and oxygen atoms in total. The number of aromatic nitrogens is 3. The van der Waals surface area contributed by atoms with Gasteiger partial charge in [0.1, 0.15) is 0 Å². The number of nitrogens with one attached hydrogen (secondary N) is 2. The van der Waals surface area contributed by atoms with E-state index in [1.165, 1.54) is 25.7 Å². The highest BCUT2D eigenvalue weighted by atomic mass is 16.5. The van der Waals surface area contributed by atoms with Crippen molar-refractivity contribution in [3.05, 3.63) is 0 Å². The van der Waals surface area contributed by atoms with Gasteiger partial charge in [0.15, 0.2) is 0 Å². The quantitative estimate of drug-likeness (QED) is 0.851. The first kappa shape index (κ1) is 13.8. The summed E-state index contributed by atoms with van der Waals surface area (Å²) in [4.78, 5) is 12.8. The summed E-state index contributed by atoms with van der Waals surface area (Å²) >= 11 is 0. The van der Waals surface area contributed by atoms with Crippen LogP contribution in [-0.2, 0) is 0 Å². The van der Waals surface area contributed by atoms with Crippen LogP contribution in [-0.4, -0.2) is 34.6 Å². The van der Waals surface area contributed by atoms with E-state index in [1.54, 1.807) is 7.11 Å². The van der Waals surface area contributed by atoms with Crippen molar-refractivity contribution in [1.29, 1.82) is 0 Å². The molecule has 0 atom stereocenters. The Morgan fingerprint density at radius 1 is 1.11 bits per heavy atom. The van der Waals surface area contributed by atoms with Crippen LogP contribution < -0.4 is 15.4 Å². The summed E-state index contributed by atoms with van der Waals surface area (Å²) in [6.07, 6.45) is 4.87. The molecular weight excluding hydrogens is 242 g/mol. The van der Waals surface area contributed by atoms with Gasteiger partial charge in [0.25, 0.3) is 0 Å². The highest BCUT2D eigenvalue weighted by Crippen LogP contribution is 2.25. The second-order valence-electron chi connectivity index (χ2n) is 5.10. The standard InChI is InChI=1S/C13H23N5O/c1-4-14-11-16-12(18-13(17-11)19-3)15-10-7-5-9(2)6-8-10/h9-10H,4-8H2,1-3H3,(H2,14,15,16,17,18). The number of hydrogen-bond donors (Lipinski definition) is 2. The summed E-state index contributed by atoms with van der Waals surface area (Å²) in [5, 5.41) is 6.48. The van der Waals surface area contributed by atoms with Crippen LogP contribution in [0.2, 0.25) is 0 Å². The zero-order valence-electron chi connectivity index (χ0n) is 11.9. The molecule has 6 heteroatoms. The van der Waals surface area contributed by atoms with Crippen LogP contribution >= 0.6 is 0 Å². The average Bonchev–Trinajstić information content (AvgIpc) is 2.41. The van der Waals surface area contributed by atoms with E-state index in [-0.39, 0.29) is 0 Å². The van der Waals surface area contributed by atoms with Crippen LogP contribution in [0.1, 0.15) is 39.5 Å². The van der Waals surface area contributed by atoms with Gasteiger partial charge >= 0.3 is 6.01 Å². The molecule has 19 heavy (non-hydrogen) atoms. The summed E-state index contributed by atoms with van der Waals surface area (Å²) in [7, 11) is 1.57. The molecule has 1 aliphatic rings. The van der Waals surface area contributed by atoms with E-state index in [1.807, 2.05) is 6.92 Å². The van der Waals surface area contributed by atoms with Gasteiger partial charge in [-0.1, -0.05) is 6.92 Å². The van der Waals surface area contributed by atoms with E-state index in [9.17, 15) is 0 Å². The Morgan fingerprint density at radius 3 is 2.42 bits per heavy atom. The smallest absolute Gasteiger partial charge is 0.322 e. The number of methoxy groups -OCH3 is 1. The van der Waals surface area contributed by atoms with Crippen LogP contribution in [0, 0.1) is 5.92 Å². The van der Waals surface area contributed by atoms with Crippen LogP contribution in [0.15, 0.2) is 0 Å². The number of nitrogens with zero attached hydrogens (tertiary/aromatic N) is 3. The fraction of sp³-hybridized carbons (Fsp3) is 0.769. The molecule has 0 bridgehead atoms. The summed E-state index contributed by atoms with van der Waals surface area (Å²) < 4.78 is 5.11. The van der Waals surface area contributed by atoms with Gasteiger partial charge in [-0.2, -0.15) is 15.0 Å². The molecule has 106 valence electrons. The van der Waals surface area contributed by atoms with Crippen LogP contribution in [0.25, 0.3) is 0 Å². The number of rotatable bonds is 5. The van der Waals surface area contributed by atoms with E-state index in [0.717, 1.165) is 12.5 Å². The topological polar surface area (TPSA) is 72.0 Å². The maximum atomic E-state index is 5.11. The molecule has 0 aromatic carbocycles. The molecule has 0 aliphatic heterocycles. The zero-order valence-corrected chi connectivity index (χ0v) is 11.9. The van der Waals surface area contributed by atoms with Crippen molar-refractivity contribution in [3.63, 3.8) is 0 Å². The lowest BCUT2D eigenvalue weighted by atomic mass is 9.87. The van der Waals surface area contributed by atoms with Gasteiger partial charge in [0.05, 0.1) is 7.11 Å². The van der Waals surface area contributed by atoms with Gasteiger partial charge < -0.3 is 15.4 Å². The molecule has 0 spiro atoms. The minimum absolute atomic E-state index is 0.345. The lowest BCUT2D eigenvalue weighted by molar-refractivity contribution is 0.358. The number of hydrogen-bond acceptors (Lipinski definition) is 6. The first-order valence-corrected chi connectivity index (χ1v) is 7.01. The molecule has 1 heterocycles. The van der Waals surface area contributed by atoms with Crippen LogP contribution in [0.5, 0.6) is 6.01 Å². The molecule has 0 saturated heterocycles. The highest BCUT2D eigenvalue weighted by Gasteiger charge is 2.19. The van der Waals surface area contributed by atoms with Gasteiger partial charge in [-0.3, -0.25) is 0 Å². The normalized spacial score (nSPS) is 22.9. The lowest BCUT2D eigenvalue weighted by Gasteiger charge is -2.26. The molecule has 1 aromatic heterocycles. The predicted octanol–water partition coefficient (Wildman–Crippen LogP) is 2.30. The largest absolute Gasteiger partial charge is 0.467 e. The second kappa shape index (κ2) is 6.54. The summed E-state index contributed by atoms with van der Waals surface area (Å²) in [6, 6.07) is 0.801. The van der Waals surface area contributed by atoms with Crippen LogP contribution in [0.3, 0.4) is 0 Å². The van der Waals surface area contributed by atoms with Gasteiger partial charge in [-0.05, 0) is 38.5 Å². The third-order valence-electron chi connectivity index (χ3n) is 3.48. The summed E-state index contributed by atoms with van der Waals surface area (Å²) in [5.74, 6) is 1.99. The Hall–Kier alpha value is -1.59. The van der Waals surface area contributed by atoms with E-state index in [4.69, 9.17) is 4.74 Å². The zero-order chi connectivity index (χ0) is 13.7. The molecule has 2 rings (SSSR count). The van der Waals surface area contributed by atoms with E-state index >= 15 is 0 Å². The maximum Gasteiger partial charge on any atom is 0.322 e. The van der Waals surface area contributed by atoms with Crippen molar-refractivity contribution in [3.8, 4) is 6.01 Å². The summed E-state index contributed by atoms with van der Waals surface area (Å²) in [6.45, 7) is 5.09. The van der Waals surface area contributed by atoms with Crippen molar-refractivity contribution in [2.24, 2.45) is 5.92 Å². The fourth-order valence-corrected chi connectivity index (χ4v) is 2.34.